The molecule has 17 heavy (non-hydrogen) atoms. The van der Waals surface area contributed by atoms with Gasteiger partial charge in [-0.1, -0.05) is 33.1 Å². The van der Waals surface area contributed by atoms with Gasteiger partial charge in [-0.25, -0.2) is 0 Å². The average Bonchev–Trinajstić information content (AvgIpc) is 2.68. The van der Waals surface area contributed by atoms with Crippen molar-refractivity contribution in [3.63, 3.8) is 0 Å². The van der Waals surface area contributed by atoms with Crippen molar-refractivity contribution in [2.45, 2.75) is 76.8 Å². The zero-order valence-electron chi connectivity index (χ0n) is 11.8. The van der Waals surface area contributed by atoms with E-state index in [9.17, 15) is 0 Å². The van der Waals surface area contributed by atoms with E-state index in [-0.39, 0.29) is 0 Å². The fraction of sp³-hybridized carbons (Fsp3) is 1.00. The molecule has 1 heterocycles. The zero-order valence-corrected chi connectivity index (χ0v) is 11.8. The Labute approximate surface area is 107 Å². The molecular formula is C15H30N2. The van der Waals surface area contributed by atoms with Gasteiger partial charge in [-0.15, -0.1) is 0 Å². The van der Waals surface area contributed by atoms with Gasteiger partial charge in [0.05, 0.1) is 0 Å². The first-order chi connectivity index (χ1) is 8.29. The standard InChI is InChI=1S/C15H30N2/c1-3-8-14(4-2)17-12-7-11-16-15(13-17)9-5-6-10-15/h14,16H,3-13H2,1-2H3. The summed E-state index contributed by atoms with van der Waals surface area (Å²) in [4.78, 5) is 2.80. The van der Waals surface area contributed by atoms with Gasteiger partial charge < -0.3 is 5.32 Å². The van der Waals surface area contributed by atoms with E-state index >= 15 is 0 Å². The Morgan fingerprint density at radius 3 is 2.59 bits per heavy atom. The molecule has 100 valence electrons. The van der Waals surface area contributed by atoms with E-state index in [2.05, 4.69) is 24.1 Å². The molecule has 0 aromatic rings. The van der Waals surface area contributed by atoms with Gasteiger partial charge in [-0.3, -0.25) is 4.90 Å². The number of hydrogen-bond donors (Lipinski definition) is 1. The summed E-state index contributed by atoms with van der Waals surface area (Å²) in [6.07, 6.45) is 11.1. The predicted octanol–water partition coefficient (Wildman–Crippen LogP) is 3.17. The summed E-state index contributed by atoms with van der Waals surface area (Å²) in [5, 5.41) is 3.87. The molecule has 0 bridgehead atoms. The van der Waals surface area contributed by atoms with Crippen LogP contribution in [0.2, 0.25) is 0 Å². The third-order valence-electron chi connectivity index (χ3n) is 4.80. The SMILES string of the molecule is CCCC(CC)N1CCCNC2(CCCC2)C1. The van der Waals surface area contributed by atoms with Crippen LogP contribution in [0.1, 0.15) is 65.2 Å². The normalized spacial score (nSPS) is 27.2. The van der Waals surface area contributed by atoms with Crippen molar-refractivity contribution in [2.75, 3.05) is 19.6 Å². The monoisotopic (exact) mass is 238 g/mol. The van der Waals surface area contributed by atoms with Crippen LogP contribution >= 0.6 is 0 Å². The molecule has 1 N–H and O–H groups in total. The van der Waals surface area contributed by atoms with E-state index in [4.69, 9.17) is 0 Å². The van der Waals surface area contributed by atoms with E-state index in [1.807, 2.05) is 0 Å². The molecule has 2 fully saturated rings. The Bertz CT molecular complexity index is 221. The summed E-state index contributed by atoms with van der Waals surface area (Å²) < 4.78 is 0. The highest BCUT2D eigenvalue weighted by Crippen LogP contribution is 2.32. The van der Waals surface area contributed by atoms with E-state index < -0.39 is 0 Å². The van der Waals surface area contributed by atoms with Gasteiger partial charge in [-0.2, -0.15) is 0 Å². The molecule has 0 radical (unpaired) electrons. The minimum Gasteiger partial charge on any atom is -0.310 e. The van der Waals surface area contributed by atoms with Crippen molar-refractivity contribution >= 4 is 0 Å². The second-order valence-corrected chi connectivity index (χ2v) is 6.09. The van der Waals surface area contributed by atoms with Crippen LogP contribution in [0.3, 0.4) is 0 Å². The van der Waals surface area contributed by atoms with Gasteiger partial charge in [0.25, 0.3) is 0 Å². The van der Waals surface area contributed by atoms with Crippen molar-refractivity contribution in [3.8, 4) is 0 Å². The largest absolute Gasteiger partial charge is 0.310 e. The molecule has 1 saturated carbocycles. The molecule has 0 aromatic carbocycles. The van der Waals surface area contributed by atoms with Crippen molar-refractivity contribution in [1.29, 1.82) is 0 Å². The second kappa shape index (κ2) is 6.19. The summed E-state index contributed by atoms with van der Waals surface area (Å²) in [6, 6.07) is 0.831. The predicted molar refractivity (Wildman–Crippen MR) is 74.4 cm³/mol. The quantitative estimate of drug-likeness (QED) is 0.809. The highest BCUT2D eigenvalue weighted by molar-refractivity contribution is 4.97. The maximum atomic E-state index is 3.87. The van der Waals surface area contributed by atoms with Crippen LogP contribution < -0.4 is 5.32 Å². The van der Waals surface area contributed by atoms with E-state index in [1.165, 1.54) is 71.0 Å². The van der Waals surface area contributed by atoms with Crippen LogP contribution in [-0.4, -0.2) is 36.1 Å². The van der Waals surface area contributed by atoms with Crippen LogP contribution in [0, 0.1) is 0 Å². The van der Waals surface area contributed by atoms with E-state index in [0.29, 0.717) is 5.54 Å². The Balaban J connectivity index is 2.00. The first kappa shape index (κ1) is 13.4. The third kappa shape index (κ3) is 3.23. The summed E-state index contributed by atoms with van der Waals surface area (Å²) in [5.41, 5.74) is 0.484. The van der Waals surface area contributed by atoms with Gasteiger partial charge in [0, 0.05) is 18.1 Å². The van der Waals surface area contributed by atoms with Crippen molar-refractivity contribution in [1.82, 2.24) is 10.2 Å². The van der Waals surface area contributed by atoms with Crippen LogP contribution in [0.25, 0.3) is 0 Å². The molecule has 2 rings (SSSR count). The topological polar surface area (TPSA) is 15.3 Å². The van der Waals surface area contributed by atoms with E-state index in [0.717, 1.165) is 6.04 Å². The van der Waals surface area contributed by atoms with Gasteiger partial charge in [0.15, 0.2) is 0 Å². The smallest absolute Gasteiger partial charge is 0.0308 e. The summed E-state index contributed by atoms with van der Waals surface area (Å²) in [7, 11) is 0. The van der Waals surface area contributed by atoms with Crippen molar-refractivity contribution in [3.05, 3.63) is 0 Å². The highest BCUT2D eigenvalue weighted by atomic mass is 15.2. The highest BCUT2D eigenvalue weighted by Gasteiger charge is 2.37. The van der Waals surface area contributed by atoms with Crippen LogP contribution in [-0.2, 0) is 0 Å². The number of nitrogens with one attached hydrogen (secondary N) is 1. The zero-order chi connectivity index (χ0) is 12.1. The minimum absolute atomic E-state index is 0.484. The van der Waals surface area contributed by atoms with Gasteiger partial charge in [-0.05, 0) is 45.2 Å². The molecule has 1 aliphatic heterocycles. The van der Waals surface area contributed by atoms with Gasteiger partial charge in [0.1, 0.15) is 0 Å². The van der Waals surface area contributed by atoms with Crippen LogP contribution in [0.4, 0.5) is 0 Å². The summed E-state index contributed by atoms with van der Waals surface area (Å²) in [6.45, 7) is 8.54. The maximum absolute atomic E-state index is 3.87. The second-order valence-electron chi connectivity index (χ2n) is 6.09. The Kier molecular flexibility index (Phi) is 4.87. The van der Waals surface area contributed by atoms with Crippen LogP contribution in [0.15, 0.2) is 0 Å². The third-order valence-corrected chi connectivity index (χ3v) is 4.80. The molecule has 1 saturated heterocycles. The lowest BCUT2D eigenvalue weighted by atomic mass is 9.95. The molecule has 1 unspecified atom stereocenters. The van der Waals surface area contributed by atoms with E-state index in [1.54, 1.807) is 0 Å². The number of nitrogens with zero attached hydrogens (tertiary/aromatic N) is 1. The number of rotatable bonds is 4. The number of hydrogen-bond acceptors (Lipinski definition) is 2. The molecule has 1 aliphatic carbocycles. The van der Waals surface area contributed by atoms with Crippen molar-refractivity contribution in [2.24, 2.45) is 0 Å². The molecule has 0 amide bonds. The first-order valence-electron chi connectivity index (χ1n) is 7.79. The fourth-order valence-corrected chi connectivity index (χ4v) is 3.84. The summed E-state index contributed by atoms with van der Waals surface area (Å²) >= 11 is 0. The lowest BCUT2D eigenvalue weighted by molar-refractivity contribution is 0.145. The summed E-state index contributed by atoms with van der Waals surface area (Å²) in [5.74, 6) is 0. The lowest BCUT2D eigenvalue weighted by Gasteiger charge is -2.37. The average molecular weight is 238 g/mol. The molecule has 0 aromatic heterocycles. The van der Waals surface area contributed by atoms with Crippen LogP contribution in [0.5, 0.6) is 0 Å². The molecule has 1 atom stereocenters. The lowest BCUT2D eigenvalue weighted by Crippen LogP contribution is -2.51. The van der Waals surface area contributed by atoms with Gasteiger partial charge in [0.2, 0.25) is 0 Å². The Hall–Kier alpha value is -0.0800. The molecule has 2 nitrogen and oxygen atoms in total. The minimum atomic E-state index is 0.484. The Morgan fingerprint density at radius 1 is 1.18 bits per heavy atom. The fourth-order valence-electron chi connectivity index (χ4n) is 3.84. The molecule has 2 aliphatic rings. The first-order valence-corrected chi connectivity index (χ1v) is 7.79. The molecular weight excluding hydrogens is 208 g/mol. The Morgan fingerprint density at radius 2 is 1.94 bits per heavy atom. The van der Waals surface area contributed by atoms with Gasteiger partial charge >= 0.3 is 0 Å². The maximum Gasteiger partial charge on any atom is 0.0308 e. The van der Waals surface area contributed by atoms with Crippen molar-refractivity contribution < 1.29 is 0 Å². The molecule has 2 heteroatoms. The molecule has 1 spiro atoms.